The third-order valence-electron chi connectivity index (χ3n) is 6.32. The number of ether oxygens (including phenoxy) is 1. The summed E-state index contributed by atoms with van der Waals surface area (Å²) in [5.41, 5.74) is -0.574. The topological polar surface area (TPSA) is 46.5 Å². The Balaban J connectivity index is 1.97. The molecule has 1 N–H and O–H groups in total. The van der Waals surface area contributed by atoms with Gasteiger partial charge in [0.1, 0.15) is 5.78 Å². The van der Waals surface area contributed by atoms with Gasteiger partial charge in [-0.15, -0.1) is 0 Å². The van der Waals surface area contributed by atoms with Gasteiger partial charge in [-0.05, 0) is 57.8 Å². The third kappa shape index (κ3) is 3.34. The van der Waals surface area contributed by atoms with Gasteiger partial charge in [-0.1, -0.05) is 13.8 Å². The molecular formula is C18H32O3. The van der Waals surface area contributed by atoms with Crippen LogP contribution in [0.25, 0.3) is 0 Å². The molecule has 0 radical (unpaired) electrons. The second kappa shape index (κ2) is 6.00. The van der Waals surface area contributed by atoms with Crippen molar-refractivity contribution >= 4 is 5.78 Å². The maximum Gasteiger partial charge on any atom is 0.136 e. The maximum atomic E-state index is 12.2. The summed E-state index contributed by atoms with van der Waals surface area (Å²) in [5, 5.41) is 10.0. The van der Waals surface area contributed by atoms with Crippen molar-refractivity contribution in [3.8, 4) is 0 Å². The lowest BCUT2D eigenvalue weighted by Crippen LogP contribution is -2.42. The van der Waals surface area contributed by atoms with E-state index in [9.17, 15) is 9.90 Å². The molecular weight excluding hydrogens is 264 g/mol. The zero-order chi connectivity index (χ0) is 15.8. The molecule has 4 unspecified atom stereocenters. The lowest BCUT2D eigenvalue weighted by atomic mass is 9.64. The smallest absolute Gasteiger partial charge is 0.136 e. The summed E-state index contributed by atoms with van der Waals surface area (Å²) in [6.45, 7) is 10.7. The molecule has 0 amide bonds. The first-order valence-electron chi connectivity index (χ1n) is 8.53. The van der Waals surface area contributed by atoms with E-state index < -0.39 is 5.60 Å². The summed E-state index contributed by atoms with van der Waals surface area (Å²) in [6, 6.07) is 0. The lowest BCUT2D eigenvalue weighted by molar-refractivity contribution is -0.132. The van der Waals surface area contributed by atoms with Gasteiger partial charge < -0.3 is 9.84 Å². The fraction of sp³-hybridized carbons (Fsp3) is 0.944. The van der Waals surface area contributed by atoms with Crippen molar-refractivity contribution in [2.45, 2.75) is 78.4 Å². The molecule has 2 saturated carbocycles. The first-order chi connectivity index (χ1) is 9.66. The molecule has 21 heavy (non-hydrogen) atoms. The van der Waals surface area contributed by atoms with E-state index >= 15 is 0 Å². The van der Waals surface area contributed by atoms with Gasteiger partial charge in [-0.25, -0.2) is 0 Å². The quantitative estimate of drug-likeness (QED) is 0.843. The van der Waals surface area contributed by atoms with E-state index in [-0.39, 0.29) is 23.4 Å². The van der Waals surface area contributed by atoms with E-state index in [2.05, 4.69) is 13.8 Å². The van der Waals surface area contributed by atoms with Crippen molar-refractivity contribution in [1.82, 2.24) is 0 Å². The number of hydrogen-bond donors (Lipinski definition) is 1. The minimum Gasteiger partial charge on any atom is -0.390 e. The van der Waals surface area contributed by atoms with Crippen LogP contribution in [-0.4, -0.2) is 29.2 Å². The van der Waals surface area contributed by atoms with E-state index in [1.165, 1.54) is 0 Å². The summed E-state index contributed by atoms with van der Waals surface area (Å²) in [6.07, 6.45) is 5.27. The Bertz CT molecular complexity index is 384. The van der Waals surface area contributed by atoms with Gasteiger partial charge in [0.25, 0.3) is 0 Å². The molecule has 0 spiro atoms. The van der Waals surface area contributed by atoms with Crippen LogP contribution in [0.15, 0.2) is 0 Å². The molecule has 0 aromatic heterocycles. The zero-order valence-corrected chi connectivity index (χ0v) is 14.3. The van der Waals surface area contributed by atoms with Gasteiger partial charge in [0.2, 0.25) is 0 Å². The molecule has 0 aromatic rings. The summed E-state index contributed by atoms with van der Waals surface area (Å²) in [7, 11) is 0. The van der Waals surface area contributed by atoms with Gasteiger partial charge in [0.05, 0.1) is 18.3 Å². The minimum atomic E-state index is -0.706. The standard InChI is InChI=1S/C18H32O3/c1-12(17(3,4)20)11-21-13(2)14-8-9-15-16(19)7-6-10-18(14,15)5/h12-15,20H,6-11H2,1-5H3/t12-,13?,14?,15?,18?/m0/s1. The molecule has 2 aliphatic carbocycles. The number of aliphatic hydroxyl groups is 1. The van der Waals surface area contributed by atoms with Crippen LogP contribution in [-0.2, 0) is 9.53 Å². The highest BCUT2D eigenvalue weighted by molar-refractivity contribution is 5.83. The zero-order valence-electron chi connectivity index (χ0n) is 14.3. The molecule has 0 aromatic carbocycles. The van der Waals surface area contributed by atoms with E-state index in [1.54, 1.807) is 0 Å². The van der Waals surface area contributed by atoms with E-state index in [1.807, 2.05) is 20.8 Å². The van der Waals surface area contributed by atoms with Gasteiger partial charge in [0, 0.05) is 18.3 Å². The fourth-order valence-electron chi connectivity index (χ4n) is 4.36. The number of fused-ring (bicyclic) bond motifs is 1. The van der Waals surface area contributed by atoms with E-state index in [4.69, 9.17) is 4.74 Å². The second-order valence-electron chi connectivity index (χ2n) is 8.16. The van der Waals surface area contributed by atoms with Crippen molar-refractivity contribution in [1.29, 1.82) is 0 Å². The van der Waals surface area contributed by atoms with Crippen LogP contribution in [0.1, 0.15) is 66.7 Å². The van der Waals surface area contributed by atoms with Gasteiger partial charge >= 0.3 is 0 Å². The monoisotopic (exact) mass is 296 g/mol. The molecule has 2 fully saturated rings. The van der Waals surface area contributed by atoms with Crippen LogP contribution in [0.3, 0.4) is 0 Å². The normalized spacial score (nSPS) is 36.4. The molecule has 0 bridgehead atoms. The van der Waals surface area contributed by atoms with Crippen LogP contribution in [0.5, 0.6) is 0 Å². The second-order valence-corrected chi connectivity index (χ2v) is 8.16. The van der Waals surface area contributed by atoms with Crippen LogP contribution in [0.2, 0.25) is 0 Å². The molecule has 3 heteroatoms. The Labute approximate surface area is 129 Å². The highest BCUT2D eigenvalue weighted by Gasteiger charge is 2.52. The Morgan fingerprint density at radius 1 is 1.38 bits per heavy atom. The maximum absolute atomic E-state index is 12.2. The average molecular weight is 296 g/mol. The number of Topliss-reactive ketones (excluding diaryl/α,β-unsaturated/α-hetero) is 1. The Morgan fingerprint density at radius 3 is 2.67 bits per heavy atom. The SMILES string of the molecule is CC(OC[C@H](C)C(C)(C)O)C1CCC2C(=O)CCCC21C. The first kappa shape index (κ1) is 17.0. The fourth-order valence-corrected chi connectivity index (χ4v) is 4.36. The molecule has 2 rings (SSSR count). The Kier molecular flexibility index (Phi) is 4.84. The predicted octanol–water partition coefficient (Wildman–Crippen LogP) is 3.58. The van der Waals surface area contributed by atoms with Gasteiger partial charge in [-0.2, -0.15) is 0 Å². The first-order valence-corrected chi connectivity index (χ1v) is 8.53. The number of carbonyl (C=O) groups excluding carboxylic acids is 1. The summed E-state index contributed by atoms with van der Waals surface area (Å²) >= 11 is 0. The van der Waals surface area contributed by atoms with Crippen molar-refractivity contribution in [2.24, 2.45) is 23.2 Å². The Hall–Kier alpha value is -0.410. The van der Waals surface area contributed by atoms with Crippen molar-refractivity contribution in [3.05, 3.63) is 0 Å². The molecule has 5 atom stereocenters. The summed E-state index contributed by atoms with van der Waals surface area (Å²) in [5.74, 6) is 1.32. The number of rotatable bonds is 5. The number of ketones is 1. The molecule has 2 aliphatic rings. The highest BCUT2D eigenvalue weighted by atomic mass is 16.5. The largest absolute Gasteiger partial charge is 0.390 e. The number of carbonyl (C=O) groups is 1. The van der Waals surface area contributed by atoms with E-state index in [0.717, 1.165) is 32.1 Å². The summed E-state index contributed by atoms with van der Waals surface area (Å²) in [4.78, 5) is 12.2. The van der Waals surface area contributed by atoms with E-state index in [0.29, 0.717) is 18.3 Å². The predicted molar refractivity (Wildman–Crippen MR) is 84.1 cm³/mol. The molecule has 0 saturated heterocycles. The van der Waals surface area contributed by atoms with Gasteiger partial charge in [0.15, 0.2) is 0 Å². The minimum absolute atomic E-state index is 0.109. The highest BCUT2D eigenvalue weighted by Crippen LogP contribution is 2.55. The third-order valence-corrected chi connectivity index (χ3v) is 6.32. The van der Waals surface area contributed by atoms with Crippen molar-refractivity contribution < 1.29 is 14.6 Å². The molecule has 0 heterocycles. The molecule has 0 aliphatic heterocycles. The van der Waals surface area contributed by atoms with Crippen LogP contribution in [0, 0.1) is 23.2 Å². The number of hydrogen-bond acceptors (Lipinski definition) is 3. The van der Waals surface area contributed by atoms with Crippen LogP contribution < -0.4 is 0 Å². The van der Waals surface area contributed by atoms with Crippen molar-refractivity contribution in [2.75, 3.05) is 6.61 Å². The van der Waals surface area contributed by atoms with Gasteiger partial charge in [-0.3, -0.25) is 4.79 Å². The van der Waals surface area contributed by atoms with Crippen LogP contribution >= 0.6 is 0 Å². The Morgan fingerprint density at radius 2 is 2.05 bits per heavy atom. The summed E-state index contributed by atoms with van der Waals surface area (Å²) < 4.78 is 6.09. The van der Waals surface area contributed by atoms with Crippen molar-refractivity contribution in [3.63, 3.8) is 0 Å². The lowest BCUT2D eigenvalue weighted by Gasteiger charge is -2.42. The average Bonchev–Trinajstić information content (AvgIpc) is 2.73. The van der Waals surface area contributed by atoms with Crippen LogP contribution in [0.4, 0.5) is 0 Å². The molecule has 3 nitrogen and oxygen atoms in total. The molecule has 122 valence electrons.